The minimum atomic E-state index is 0.179. The lowest BCUT2D eigenvalue weighted by molar-refractivity contribution is 0.0456. The molecule has 4 heterocycles. The highest BCUT2D eigenvalue weighted by Gasteiger charge is 2.43. The first-order chi connectivity index (χ1) is 10.3. The summed E-state index contributed by atoms with van der Waals surface area (Å²) in [7, 11) is 0. The smallest absolute Gasteiger partial charge is 0.229 e. The van der Waals surface area contributed by atoms with E-state index in [4.69, 9.17) is 9.26 Å². The third-order valence-corrected chi connectivity index (χ3v) is 4.12. The summed E-state index contributed by atoms with van der Waals surface area (Å²) in [5.74, 6) is 2.67. The second-order valence-electron chi connectivity index (χ2n) is 5.69. The lowest BCUT2D eigenvalue weighted by atomic mass is 10.0. The Morgan fingerprint density at radius 2 is 2.14 bits per heavy atom. The summed E-state index contributed by atoms with van der Waals surface area (Å²) in [6, 6.07) is 1.83. The molecule has 0 amide bonds. The van der Waals surface area contributed by atoms with E-state index in [2.05, 4.69) is 25.0 Å². The lowest BCUT2D eigenvalue weighted by Crippen LogP contribution is -2.26. The third-order valence-electron chi connectivity index (χ3n) is 4.12. The Kier molecular flexibility index (Phi) is 3.07. The van der Waals surface area contributed by atoms with Crippen molar-refractivity contribution in [2.75, 3.05) is 18.0 Å². The monoisotopic (exact) mass is 287 g/mol. The van der Waals surface area contributed by atoms with Crippen LogP contribution in [-0.4, -0.2) is 45.4 Å². The molecule has 110 valence electrons. The molecule has 0 spiro atoms. The highest BCUT2D eigenvalue weighted by Crippen LogP contribution is 2.35. The Hall–Kier alpha value is -2.02. The van der Waals surface area contributed by atoms with Gasteiger partial charge in [0.15, 0.2) is 5.82 Å². The molecule has 0 aliphatic carbocycles. The van der Waals surface area contributed by atoms with Gasteiger partial charge in [-0.1, -0.05) is 5.16 Å². The minimum Gasteiger partial charge on any atom is -0.372 e. The second kappa shape index (κ2) is 5.07. The van der Waals surface area contributed by atoms with Crippen LogP contribution in [0.15, 0.2) is 23.0 Å². The number of rotatable bonds is 3. The van der Waals surface area contributed by atoms with Gasteiger partial charge in [-0.05, 0) is 19.4 Å². The highest BCUT2D eigenvalue weighted by molar-refractivity contribution is 5.32. The summed E-state index contributed by atoms with van der Waals surface area (Å²) < 4.78 is 11.3. The topological polar surface area (TPSA) is 77.2 Å². The van der Waals surface area contributed by atoms with Crippen LogP contribution in [0.2, 0.25) is 0 Å². The molecule has 2 fully saturated rings. The number of fused-ring (bicyclic) bond motifs is 1. The molecule has 2 aromatic rings. The first kappa shape index (κ1) is 12.7. The third kappa shape index (κ3) is 2.49. The van der Waals surface area contributed by atoms with Crippen LogP contribution in [0.4, 0.5) is 5.95 Å². The van der Waals surface area contributed by atoms with Crippen molar-refractivity contribution in [1.82, 2.24) is 20.1 Å². The number of hydrogen-bond donors (Lipinski definition) is 0. The van der Waals surface area contributed by atoms with Gasteiger partial charge in [-0.15, -0.1) is 0 Å². The zero-order chi connectivity index (χ0) is 14.2. The van der Waals surface area contributed by atoms with Crippen molar-refractivity contribution in [2.45, 2.75) is 32.0 Å². The second-order valence-corrected chi connectivity index (χ2v) is 5.69. The van der Waals surface area contributed by atoms with Gasteiger partial charge >= 0.3 is 0 Å². The van der Waals surface area contributed by atoms with E-state index < -0.39 is 0 Å². The molecular weight excluding hydrogens is 270 g/mol. The minimum absolute atomic E-state index is 0.179. The van der Waals surface area contributed by atoms with Crippen LogP contribution in [0.3, 0.4) is 0 Å². The van der Waals surface area contributed by atoms with Gasteiger partial charge in [-0.3, -0.25) is 0 Å². The number of aryl methyl sites for hydroxylation is 1. The molecule has 7 nitrogen and oxygen atoms in total. The van der Waals surface area contributed by atoms with Gasteiger partial charge in [0.1, 0.15) is 0 Å². The maximum atomic E-state index is 6.13. The molecule has 3 atom stereocenters. The van der Waals surface area contributed by atoms with Gasteiger partial charge in [0.05, 0.1) is 18.6 Å². The summed E-state index contributed by atoms with van der Waals surface area (Å²) in [6.07, 6.45) is 5.71. The quantitative estimate of drug-likeness (QED) is 0.833. The van der Waals surface area contributed by atoms with Gasteiger partial charge < -0.3 is 14.2 Å². The van der Waals surface area contributed by atoms with E-state index in [-0.39, 0.29) is 12.2 Å². The molecule has 0 unspecified atom stereocenters. The van der Waals surface area contributed by atoms with Gasteiger partial charge in [0.25, 0.3) is 0 Å². The zero-order valence-corrected chi connectivity index (χ0v) is 11.8. The van der Waals surface area contributed by atoms with E-state index in [9.17, 15) is 0 Å². The molecule has 2 saturated heterocycles. The molecule has 21 heavy (non-hydrogen) atoms. The van der Waals surface area contributed by atoms with Crippen LogP contribution in [0.5, 0.6) is 0 Å². The van der Waals surface area contributed by atoms with Gasteiger partial charge in [0.2, 0.25) is 11.8 Å². The average molecular weight is 287 g/mol. The fourth-order valence-corrected chi connectivity index (χ4v) is 3.23. The van der Waals surface area contributed by atoms with Crippen molar-refractivity contribution in [2.24, 2.45) is 5.92 Å². The summed E-state index contributed by atoms with van der Waals surface area (Å²) in [5.41, 5.74) is 0. The Morgan fingerprint density at radius 1 is 1.29 bits per heavy atom. The Labute approximate surface area is 122 Å². The van der Waals surface area contributed by atoms with E-state index in [0.717, 1.165) is 25.5 Å². The predicted octanol–water partition coefficient (Wildman–Crippen LogP) is 1.00. The van der Waals surface area contributed by atoms with E-state index in [1.54, 1.807) is 12.4 Å². The number of aromatic nitrogens is 4. The highest BCUT2D eigenvalue weighted by atomic mass is 16.5. The van der Waals surface area contributed by atoms with Crippen LogP contribution in [0.25, 0.3) is 0 Å². The average Bonchev–Trinajstić information content (AvgIpc) is 3.15. The first-order valence-electron chi connectivity index (χ1n) is 7.24. The molecule has 0 aromatic carbocycles. The number of ether oxygens (including phenoxy) is 1. The standard InChI is InChI=1S/C14H17N5O2/c1-9-17-13(21-18-9)6-11-5-10-7-19(8-12(10)20-11)14-15-3-2-4-16-14/h2-4,10-12H,5-8H2,1H3/t10-,11-,12+/m0/s1. The maximum Gasteiger partial charge on any atom is 0.229 e. The molecule has 2 aliphatic rings. The molecule has 0 radical (unpaired) electrons. The molecule has 4 rings (SSSR count). The normalized spacial score (nSPS) is 28.0. The fraction of sp³-hybridized carbons (Fsp3) is 0.571. The van der Waals surface area contributed by atoms with E-state index >= 15 is 0 Å². The van der Waals surface area contributed by atoms with Crippen molar-refractivity contribution in [3.63, 3.8) is 0 Å². The summed E-state index contributed by atoms with van der Waals surface area (Å²) >= 11 is 0. The molecule has 0 saturated carbocycles. The van der Waals surface area contributed by atoms with E-state index in [1.165, 1.54) is 0 Å². The SMILES string of the molecule is Cc1noc(C[C@@H]2C[C@H]3CN(c4ncccn4)C[C@H]3O2)n1. The zero-order valence-electron chi connectivity index (χ0n) is 11.8. The molecular formula is C14H17N5O2. The van der Waals surface area contributed by atoms with Crippen molar-refractivity contribution in [3.05, 3.63) is 30.2 Å². The fourth-order valence-electron chi connectivity index (χ4n) is 3.23. The van der Waals surface area contributed by atoms with Crippen LogP contribution in [-0.2, 0) is 11.2 Å². The summed E-state index contributed by atoms with van der Waals surface area (Å²) in [5, 5.41) is 3.82. The molecule has 2 aliphatic heterocycles. The Balaban J connectivity index is 1.37. The molecule has 7 heteroatoms. The Bertz CT molecular complexity index is 603. The molecule has 0 N–H and O–H groups in total. The predicted molar refractivity (Wildman–Crippen MR) is 73.8 cm³/mol. The number of hydrogen-bond acceptors (Lipinski definition) is 7. The van der Waals surface area contributed by atoms with Crippen LogP contribution in [0.1, 0.15) is 18.1 Å². The lowest BCUT2D eigenvalue weighted by Gasteiger charge is -2.18. The van der Waals surface area contributed by atoms with Crippen molar-refractivity contribution < 1.29 is 9.26 Å². The first-order valence-corrected chi connectivity index (χ1v) is 7.24. The summed E-state index contributed by atoms with van der Waals surface area (Å²) in [4.78, 5) is 15.0. The maximum absolute atomic E-state index is 6.13. The van der Waals surface area contributed by atoms with E-state index in [0.29, 0.717) is 24.1 Å². The summed E-state index contributed by atoms with van der Waals surface area (Å²) in [6.45, 7) is 3.64. The largest absolute Gasteiger partial charge is 0.372 e. The number of nitrogens with zero attached hydrogens (tertiary/aromatic N) is 5. The van der Waals surface area contributed by atoms with Crippen LogP contribution in [0, 0.1) is 12.8 Å². The van der Waals surface area contributed by atoms with Crippen LogP contribution < -0.4 is 4.90 Å². The van der Waals surface area contributed by atoms with E-state index in [1.807, 2.05) is 13.0 Å². The van der Waals surface area contributed by atoms with Crippen molar-refractivity contribution >= 4 is 5.95 Å². The molecule has 2 aromatic heterocycles. The number of anilines is 1. The Morgan fingerprint density at radius 3 is 2.86 bits per heavy atom. The van der Waals surface area contributed by atoms with Gasteiger partial charge in [-0.2, -0.15) is 4.98 Å². The molecule has 0 bridgehead atoms. The van der Waals surface area contributed by atoms with Crippen molar-refractivity contribution in [3.8, 4) is 0 Å². The van der Waals surface area contributed by atoms with Gasteiger partial charge in [0, 0.05) is 31.4 Å². The van der Waals surface area contributed by atoms with Crippen molar-refractivity contribution in [1.29, 1.82) is 0 Å². The van der Waals surface area contributed by atoms with Gasteiger partial charge in [-0.25, -0.2) is 9.97 Å². The van der Waals surface area contributed by atoms with Crippen LogP contribution >= 0.6 is 0 Å².